The zero-order valence-corrected chi connectivity index (χ0v) is 19.6. The minimum Gasteiger partial charge on any atom is -0.444 e. The van der Waals surface area contributed by atoms with Gasteiger partial charge in [0.15, 0.2) is 0 Å². The Kier molecular flexibility index (Phi) is 5.98. The predicted octanol–water partition coefficient (Wildman–Crippen LogP) is 4.12. The topological polar surface area (TPSA) is 79.7 Å². The molecule has 2 aliphatic heterocycles. The van der Waals surface area contributed by atoms with Crippen LogP contribution in [0.3, 0.4) is 0 Å². The van der Waals surface area contributed by atoms with Gasteiger partial charge in [0, 0.05) is 31.8 Å². The molecule has 1 N–H and O–H groups in total. The molecule has 0 spiro atoms. The molecule has 1 aromatic carbocycles. The fraction of sp³-hybridized carbons (Fsp3) is 0.542. The number of rotatable bonds is 3. The molecule has 2 aromatic rings. The van der Waals surface area contributed by atoms with Crippen molar-refractivity contribution in [2.45, 2.75) is 57.5 Å². The second-order valence-corrected chi connectivity index (χ2v) is 9.56. The SMILES string of the molecule is CC(=O)N1c2ccc(-c3cnn(C4CC4)c3)cc2N(C(=O)OC2CNCCC2C(F)(F)F)C[C@@H]1C. The van der Waals surface area contributed by atoms with Crippen LogP contribution in [0.2, 0.25) is 0 Å². The van der Waals surface area contributed by atoms with Crippen LogP contribution in [0.4, 0.5) is 29.3 Å². The molecule has 8 nitrogen and oxygen atoms in total. The van der Waals surface area contributed by atoms with Gasteiger partial charge in [-0.05, 0) is 50.4 Å². The number of benzene rings is 1. The molecule has 5 rings (SSSR count). The van der Waals surface area contributed by atoms with Gasteiger partial charge in [-0.2, -0.15) is 18.3 Å². The number of fused-ring (bicyclic) bond motifs is 1. The molecule has 1 aliphatic carbocycles. The predicted molar refractivity (Wildman–Crippen MR) is 123 cm³/mol. The number of carbonyl (C=O) groups is 2. The van der Waals surface area contributed by atoms with Crippen molar-refractivity contribution in [2.75, 3.05) is 29.4 Å². The standard InChI is InChI=1S/C24H28F3N5O3/c1-14-12-30(23(34)35-22-11-28-8-7-19(22)24(25,26)27)21-9-16(3-6-20(21)32(14)15(2)33)17-10-29-31(13-17)18-4-5-18/h3,6,9-10,13-14,18-19,22,28H,4-5,7-8,11-12H2,1-2H3/t14-,19?,22?/m0/s1. The maximum Gasteiger partial charge on any atom is 0.414 e. The number of carbonyl (C=O) groups excluding carboxylic acids is 2. The number of hydrogen-bond acceptors (Lipinski definition) is 5. The minimum atomic E-state index is -4.46. The highest BCUT2D eigenvalue weighted by atomic mass is 19.4. The van der Waals surface area contributed by atoms with E-state index in [1.54, 1.807) is 30.2 Å². The van der Waals surface area contributed by atoms with E-state index >= 15 is 0 Å². The van der Waals surface area contributed by atoms with Crippen LogP contribution in [-0.4, -0.2) is 59.7 Å². The van der Waals surface area contributed by atoms with Gasteiger partial charge in [0.1, 0.15) is 6.10 Å². The summed E-state index contributed by atoms with van der Waals surface area (Å²) in [6.45, 7) is 3.49. The van der Waals surface area contributed by atoms with Crippen LogP contribution >= 0.6 is 0 Å². The van der Waals surface area contributed by atoms with E-state index in [1.165, 1.54) is 11.8 Å². The van der Waals surface area contributed by atoms with E-state index in [4.69, 9.17) is 4.74 Å². The number of alkyl halides is 3. The number of nitrogens with one attached hydrogen (secondary N) is 1. The number of hydrogen-bond donors (Lipinski definition) is 1. The summed E-state index contributed by atoms with van der Waals surface area (Å²) in [7, 11) is 0. The van der Waals surface area contributed by atoms with Crippen LogP contribution in [-0.2, 0) is 9.53 Å². The Bertz CT molecular complexity index is 1130. The van der Waals surface area contributed by atoms with Crippen LogP contribution in [0.5, 0.6) is 0 Å². The zero-order valence-electron chi connectivity index (χ0n) is 19.6. The van der Waals surface area contributed by atoms with Crippen LogP contribution in [0.15, 0.2) is 30.6 Å². The van der Waals surface area contributed by atoms with Crippen molar-refractivity contribution < 1.29 is 27.5 Å². The van der Waals surface area contributed by atoms with Crippen molar-refractivity contribution in [3.8, 4) is 11.1 Å². The van der Waals surface area contributed by atoms with Crippen molar-refractivity contribution in [1.82, 2.24) is 15.1 Å². The molecule has 3 atom stereocenters. The molecule has 0 bridgehead atoms. The lowest BCUT2D eigenvalue weighted by Crippen LogP contribution is -2.54. The van der Waals surface area contributed by atoms with Gasteiger partial charge >= 0.3 is 12.3 Å². The number of piperidine rings is 1. The first kappa shape index (κ1) is 23.7. The van der Waals surface area contributed by atoms with E-state index in [-0.39, 0.29) is 38.0 Å². The van der Waals surface area contributed by atoms with Gasteiger partial charge in [0.2, 0.25) is 5.91 Å². The van der Waals surface area contributed by atoms with Gasteiger partial charge in [-0.1, -0.05) is 6.07 Å². The molecule has 3 aliphatic rings. The Morgan fingerprint density at radius 1 is 1.14 bits per heavy atom. The van der Waals surface area contributed by atoms with Crippen LogP contribution in [0, 0.1) is 5.92 Å². The monoisotopic (exact) mass is 491 g/mol. The highest BCUT2D eigenvalue weighted by molar-refractivity contribution is 6.03. The number of aromatic nitrogens is 2. The minimum absolute atomic E-state index is 0.0634. The van der Waals surface area contributed by atoms with Crippen LogP contribution in [0.25, 0.3) is 11.1 Å². The Morgan fingerprint density at radius 2 is 1.91 bits per heavy atom. The lowest BCUT2D eigenvalue weighted by Gasteiger charge is -2.41. The molecule has 2 unspecified atom stereocenters. The highest BCUT2D eigenvalue weighted by Crippen LogP contribution is 2.41. The number of amides is 2. The van der Waals surface area contributed by atoms with Crippen LogP contribution < -0.4 is 15.1 Å². The second kappa shape index (κ2) is 8.85. The Balaban J connectivity index is 1.47. The van der Waals surface area contributed by atoms with Crippen molar-refractivity contribution in [1.29, 1.82) is 0 Å². The van der Waals surface area contributed by atoms with Gasteiger partial charge in [-0.25, -0.2) is 4.79 Å². The summed E-state index contributed by atoms with van der Waals surface area (Å²) < 4.78 is 48.0. The molecule has 35 heavy (non-hydrogen) atoms. The zero-order chi connectivity index (χ0) is 24.9. The van der Waals surface area contributed by atoms with Gasteiger partial charge < -0.3 is 15.0 Å². The number of nitrogens with zero attached hydrogens (tertiary/aromatic N) is 4. The quantitative estimate of drug-likeness (QED) is 0.699. The fourth-order valence-corrected chi connectivity index (χ4v) is 5.00. The third-order valence-corrected chi connectivity index (χ3v) is 6.93. The van der Waals surface area contributed by atoms with E-state index in [0.29, 0.717) is 17.4 Å². The molecule has 2 amide bonds. The van der Waals surface area contributed by atoms with E-state index in [0.717, 1.165) is 24.0 Å². The average molecular weight is 492 g/mol. The third-order valence-electron chi connectivity index (χ3n) is 6.93. The van der Waals surface area contributed by atoms with Gasteiger partial charge in [0.05, 0.1) is 35.6 Å². The first-order valence-electron chi connectivity index (χ1n) is 11.9. The highest BCUT2D eigenvalue weighted by Gasteiger charge is 2.48. The van der Waals surface area contributed by atoms with Crippen molar-refractivity contribution in [3.63, 3.8) is 0 Å². The van der Waals surface area contributed by atoms with Gasteiger partial charge in [-0.15, -0.1) is 0 Å². The molecule has 1 saturated heterocycles. The Hall–Kier alpha value is -3.08. The molecule has 188 valence electrons. The molecule has 2 fully saturated rings. The molecule has 0 radical (unpaired) electrons. The fourth-order valence-electron chi connectivity index (χ4n) is 5.00. The summed E-state index contributed by atoms with van der Waals surface area (Å²) in [5, 5.41) is 7.30. The Morgan fingerprint density at radius 3 is 2.60 bits per heavy atom. The third kappa shape index (κ3) is 4.61. The number of anilines is 2. The summed E-state index contributed by atoms with van der Waals surface area (Å²) in [6.07, 6.45) is -0.911. The van der Waals surface area contributed by atoms with Gasteiger partial charge in [0.25, 0.3) is 0 Å². The maximum absolute atomic E-state index is 13.5. The summed E-state index contributed by atoms with van der Waals surface area (Å²) >= 11 is 0. The van der Waals surface area contributed by atoms with E-state index in [2.05, 4.69) is 10.4 Å². The molecule has 1 aromatic heterocycles. The summed E-state index contributed by atoms with van der Waals surface area (Å²) in [6, 6.07) is 5.42. The normalized spacial score (nSPS) is 24.8. The average Bonchev–Trinajstić information content (AvgIpc) is 3.54. The second-order valence-electron chi connectivity index (χ2n) is 9.56. The summed E-state index contributed by atoms with van der Waals surface area (Å²) in [4.78, 5) is 28.6. The molecular weight excluding hydrogens is 463 g/mol. The number of ether oxygens (including phenoxy) is 1. The van der Waals surface area contributed by atoms with Crippen LogP contribution in [0.1, 0.15) is 39.2 Å². The largest absolute Gasteiger partial charge is 0.444 e. The van der Waals surface area contributed by atoms with Crippen molar-refractivity contribution in [3.05, 3.63) is 30.6 Å². The van der Waals surface area contributed by atoms with E-state index in [9.17, 15) is 22.8 Å². The summed E-state index contributed by atoms with van der Waals surface area (Å²) in [5.41, 5.74) is 2.58. The molecule has 1 saturated carbocycles. The smallest absolute Gasteiger partial charge is 0.414 e. The lowest BCUT2D eigenvalue weighted by molar-refractivity contribution is -0.204. The first-order valence-corrected chi connectivity index (χ1v) is 11.9. The maximum atomic E-state index is 13.5. The Labute approximate surface area is 201 Å². The molecule has 11 heteroatoms. The molecular formula is C24H28F3N5O3. The first-order chi connectivity index (χ1) is 16.6. The lowest BCUT2D eigenvalue weighted by atomic mass is 9.94. The summed E-state index contributed by atoms with van der Waals surface area (Å²) in [5.74, 6) is -1.91. The number of halogens is 3. The molecule has 3 heterocycles. The van der Waals surface area contributed by atoms with E-state index in [1.807, 2.05) is 16.9 Å². The van der Waals surface area contributed by atoms with Crippen molar-refractivity contribution in [2.24, 2.45) is 5.92 Å². The van der Waals surface area contributed by atoms with E-state index < -0.39 is 24.3 Å². The van der Waals surface area contributed by atoms with Crippen molar-refractivity contribution >= 4 is 23.4 Å². The van der Waals surface area contributed by atoms with Gasteiger partial charge in [-0.3, -0.25) is 14.4 Å².